The highest BCUT2D eigenvalue weighted by Crippen LogP contribution is 2.20. The Labute approximate surface area is 97.5 Å². The first-order valence-corrected chi connectivity index (χ1v) is 6.20. The Morgan fingerprint density at radius 2 is 2.19 bits per heavy atom. The number of nitrogens with one attached hydrogen (secondary N) is 1. The smallest absolute Gasteiger partial charge is 0.0570 e. The summed E-state index contributed by atoms with van der Waals surface area (Å²) in [4.78, 5) is 4.37. The summed E-state index contributed by atoms with van der Waals surface area (Å²) in [5, 5.41) is 3.60. The minimum absolute atomic E-state index is 0.287. The van der Waals surface area contributed by atoms with Crippen molar-refractivity contribution in [3.05, 3.63) is 30.1 Å². The van der Waals surface area contributed by atoms with Gasteiger partial charge < -0.3 is 11.1 Å². The molecule has 1 aliphatic rings. The molecule has 0 spiro atoms. The Morgan fingerprint density at radius 3 is 2.88 bits per heavy atom. The number of nitrogens with two attached hydrogens (primary N) is 1. The third-order valence-corrected chi connectivity index (χ3v) is 3.41. The Morgan fingerprint density at radius 1 is 1.38 bits per heavy atom. The van der Waals surface area contributed by atoms with Crippen LogP contribution in [0.15, 0.2) is 24.4 Å². The molecule has 3 nitrogen and oxygen atoms in total. The van der Waals surface area contributed by atoms with Gasteiger partial charge in [0.2, 0.25) is 0 Å². The molecule has 1 fully saturated rings. The lowest BCUT2D eigenvalue weighted by Crippen LogP contribution is -2.47. The van der Waals surface area contributed by atoms with Crippen LogP contribution in [0.3, 0.4) is 0 Å². The van der Waals surface area contributed by atoms with E-state index in [1.165, 1.54) is 19.3 Å². The molecule has 1 aromatic heterocycles. The highest BCUT2D eigenvalue weighted by Gasteiger charge is 2.23. The number of aromatic nitrogens is 1. The van der Waals surface area contributed by atoms with Crippen molar-refractivity contribution in [3.8, 4) is 0 Å². The van der Waals surface area contributed by atoms with Crippen LogP contribution in [0, 0.1) is 0 Å². The Hall–Kier alpha value is -0.930. The maximum Gasteiger partial charge on any atom is 0.0570 e. The van der Waals surface area contributed by atoms with Gasteiger partial charge >= 0.3 is 0 Å². The van der Waals surface area contributed by atoms with Crippen molar-refractivity contribution in [2.45, 2.75) is 50.7 Å². The molecule has 0 bridgehead atoms. The van der Waals surface area contributed by atoms with Gasteiger partial charge in [-0.05, 0) is 31.9 Å². The zero-order chi connectivity index (χ0) is 11.4. The summed E-state index contributed by atoms with van der Waals surface area (Å²) >= 11 is 0. The van der Waals surface area contributed by atoms with Gasteiger partial charge in [-0.2, -0.15) is 0 Å². The highest BCUT2D eigenvalue weighted by atomic mass is 15.0. The van der Waals surface area contributed by atoms with Crippen LogP contribution in [-0.2, 0) is 0 Å². The minimum atomic E-state index is 0.287. The van der Waals surface area contributed by atoms with Crippen LogP contribution in [0.1, 0.15) is 44.3 Å². The van der Waals surface area contributed by atoms with Gasteiger partial charge in [-0.15, -0.1) is 0 Å². The number of nitrogens with zero attached hydrogens (tertiary/aromatic N) is 1. The molecular weight excluding hydrogens is 198 g/mol. The van der Waals surface area contributed by atoms with E-state index in [2.05, 4.69) is 23.3 Å². The third kappa shape index (κ3) is 2.80. The molecule has 0 saturated heterocycles. The van der Waals surface area contributed by atoms with E-state index in [-0.39, 0.29) is 6.04 Å². The van der Waals surface area contributed by atoms with Crippen molar-refractivity contribution >= 4 is 0 Å². The number of hydrogen-bond acceptors (Lipinski definition) is 3. The molecule has 0 aromatic carbocycles. The van der Waals surface area contributed by atoms with Gasteiger partial charge in [-0.25, -0.2) is 0 Å². The number of hydrogen-bond donors (Lipinski definition) is 2. The molecule has 1 heterocycles. The molecule has 16 heavy (non-hydrogen) atoms. The van der Waals surface area contributed by atoms with Crippen LogP contribution in [0.4, 0.5) is 0 Å². The lowest BCUT2D eigenvalue weighted by atomic mass is 9.90. The molecule has 3 atom stereocenters. The quantitative estimate of drug-likeness (QED) is 0.817. The Balaban J connectivity index is 1.94. The molecule has 1 saturated carbocycles. The maximum absolute atomic E-state index is 6.12. The largest absolute Gasteiger partial charge is 0.326 e. The first-order valence-electron chi connectivity index (χ1n) is 6.20. The topological polar surface area (TPSA) is 50.9 Å². The summed E-state index contributed by atoms with van der Waals surface area (Å²) in [6.45, 7) is 2.16. The molecule has 2 rings (SSSR count). The SMILES string of the molecule is C[C@@H](N[C@H]1CCCC[C@@H]1N)c1ccccn1. The van der Waals surface area contributed by atoms with E-state index >= 15 is 0 Å². The fraction of sp³-hybridized carbons (Fsp3) is 0.615. The maximum atomic E-state index is 6.12. The van der Waals surface area contributed by atoms with Crippen molar-refractivity contribution < 1.29 is 0 Å². The van der Waals surface area contributed by atoms with Gasteiger partial charge in [0.1, 0.15) is 0 Å². The van der Waals surface area contributed by atoms with E-state index in [0.29, 0.717) is 12.1 Å². The molecule has 3 heteroatoms. The van der Waals surface area contributed by atoms with Crippen LogP contribution in [0.2, 0.25) is 0 Å². The van der Waals surface area contributed by atoms with E-state index in [1.807, 2.05) is 18.3 Å². The zero-order valence-corrected chi connectivity index (χ0v) is 9.89. The van der Waals surface area contributed by atoms with Crippen LogP contribution in [-0.4, -0.2) is 17.1 Å². The van der Waals surface area contributed by atoms with Crippen LogP contribution >= 0.6 is 0 Å². The van der Waals surface area contributed by atoms with Gasteiger partial charge in [-0.1, -0.05) is 18.9 Å². The molecule has 0 aliphatic heterocycles. The zero-order valence-electron chi connectivity index (χ0n) is 9.89. The van der Waals surface area contributed by atoms with E-state index in [0.717, 1.165) is 12.1 Å². The minimum Gasteiger partial charge on any atom is -0.326 e. The van der Waals surface area contributed by atoms with Crippen molar-refractivity contribution in [1.29, 1.82) is 0 Å². The van der Waals surface area contributed by atoms with Gasteiger partial charge in [0.15, 0.2) is 0 Å². The normalized spacial score (nSPS) is 27.6. The van der Waals surface area contributed by atoms with E-state index in [1.54, 1.807) is 0 Å². The lowest BCUT2D eigenvalue weighted by molar-refractivity contribution is 0.305. The second-order valence-electron chi connectivity index (χ2n) is 4.70. The summed E-state index contributed by atoms with van der Waals surface area (Å²) in [6.07, 6.45) is 6.75. The van der Waals surface area contributed by atoms with Gasteiger partial charge in [-0.3, -0.25) is 4.98 Å². The molecule has 1 aromatic rings. The Kier molecular flexibility index (Phi) is 3.91. The summed E-state index contributed by atoms with van der Waals surface area (Å²) in [6, 6.07) is 7.08. The molecule has 3 N–H and O–H groups in total. The first kappa shape index (κ1) is 11.6. The Bertz CT molecular complexity index is 312. The molecule has 0 amide bonds. The first-order chi connectivity index (χ1) is 7.77. The van der Waals surface area contributed by atoms with Crippen molar-refractivity contribution in [1.82, 2.24) is 10.3 Å². The number of pyridine rings is 1. The van der Waals surface area contributed by atoms with Gasteiger partial charge in [0.25, 0.3) is 0 Å². The summed E-state index contributed by atoms with van der Waals surface area (Å²) in [5.41, 5.74) is 7.22. The summed E-state index contributed by atoms with van der Waals surface area (Å²) in [5.74, 6) is 0. The summed E-state index contributed by atoms with van der Waals surface area (Å²) < 4.78 is 0. The van der Waals surface area contributed by atoms with Crippen molar-refractivity contribution in [2.75, 3.05) is 0 Å². The van der Waals surface area contributed by atoms with Gasteiger partial charge in [0, 0.05) is 24.3 Å². The van der Waals surface area contributed by atoms with E-state index < -0.39 is 0 Å². The molecular formula is C13H21N3. The monoisotopic (exact) mass is 219 g/mol. The fourth-order valence-electron chi connectivity index (χ4n) is 2.41. The summed E-state index contributed by atoms with van der Waals surface area (Å²) in [7, 11) is 0. The second-order valence-corrected chi connectivity index (χ2v) is 4.70. The second kappa shape index (κ2) is 5.41. The lowest BCUT2D eigenvalue weighted by Gasteiger charge is -2.31. The molecule has 88 valence electrons. The molecule has 1 aliphatic carbocycles. The standard InChI is InChI=1S/C13H21N3/c1-10(12-7-4-5-9-15-12)16-13-8-3-2-6-11(13)14/h4-5,7,9-11,13,16H,2-3,6,8,14H2,1H3/t10-,11+,13+/m1/s1. The van der Waals surface area contributed by atoms with Crippen LogP contribution < -0.4 is 11.1 Å². The van der Waals surface area contributed by atoms with Gasteiger partial charge in [0.05, 0.1) is 5.69 Å². The number of rotatable bonds is 3. The average molecular weight is 219 g/mol. The van der Waals surface area contributed by atoms with Crippen LogP contribution in [0.25, 0.3) is 0 Å². The van der Waals surface area contributed by atoms with Crippen molar-refractivity contribution in [2.24, 2.45) is 5.73 Å². The van der Waals surface area contributed by atoms with E-state index in [9.17, 15) is 0 Å². The molecule has 0 radical (unpaired) electrons. The van der Waals surface area contributed by atoms with Crippen molar-refractivity contribution in [3.63, 3.8) is 0 Å². The predicted molar refractivity (Wildman–Crippen MR) is 66.0 cm³/mol. The van der Waals surface area contributed by atoms with E-state index in [4.69, 9.17) is 5.73 Å². The van der Waals surface area contributed by atoms with Crippen LogP contribution in [0.5, 0.6) is 0 Å². The molecule has 0 unspecified atom stereocenters. The average Bonchev–Trinajstić information content (AvgIpc) is 2.33. The predicted octanol–water partition coefficient (Wildman–Crippen LogP) is 2.00. The highest BCUT2D eigenvalue weighted by molar-refractivity contribution is 5.08. The fourth-order valence-corrected chi connectivity index (χ4v) is 2.41. The third-order valence-electron chi connectivity index (χ3n) is 3.41.